The van der Waals surface area contributed by atoms with Crippen molar-refractivity contribution in [3.63, 3.8) is 0 Å². The third-order valence-electron chi connectivity index (χ3n) is 5.37. The van der Waals surface area contributed by atoms with Crippen molar-refractivity contribution in [2.24, 2.45) is 0 Å². The highest BCUT2D eigenvalue weighted by molar-refractivity contribution is 6.75. The highest BCUT2D eigenvalue weighted by atomic mass is 28.3. The van der Waals surface area contributed by atoms with Crippen LogP contribution in [0, 0.1) is 0 Å². The van der Waals surface area contributed by atoms with Gasteiger partial charge in [0.05, 0.1) is 24.3 Å². The lowest BCUT2D eigenvalue weighted by Gasteiger charge is -2.15. The molecule has 0 saturated heterocycles. The number of hydrogen-bond acceptors (Lipinski definition) is 10. The zero-order chi connectivity index (χ0) is 28.7. The van der Waals surface area contributed by atoms with Gasteiger partial charge in [0.2, 0.25) is 0 Å². The molecule has 2 rings (SSSR count). The number of rotatable bonds is 12. The lowest BCUT2D eigenvalue weighted by molar-refractivity contribution is -0.203. The van der Waals surface area contributed by atoms with Gasteiger partial charge in [-0.15, -0.1) is 0 Å². The van der Waals surface area contributed by atoms with Crippen LogP contribution in [-0.4, -0.2) is 45.5 Å². The fourth-order valence-electron chi connectivity index (χ4n) is 3.40. The Morgan fingerprint density at radius 2 is 1.00 bits per heavy atom. The average Bonchev–Trinajstić information content (AvgIpc) is 2.91. The van der Waals surface area contributed by atoms with Crippen LogP contribution in [0.2, 0.25) is 19.6 Å². The molecule has 0 atom stereocenters. The van der Waals surface area contributed by atoms with Crippen LogP contribution in [0.4, 0.5) is 9.59 Å². The van der Waals surface area contributed by atoms with Gasteiger partial charge in [0.25, 0.3) is 0 Å². The fraction of sp³-hybridized carbons (Fsp3) is 0.429. The van der Waals surface area contributed by atoms with Crippen molar-refractivity contribution in [2.45, 2.75) is 64.7 Å². The minimum absolute atomic E-state index is 0.0690. The van der Waals surface area contributed by atoms with Crippen LogP contribution in [0.25, 0.3) is 0 Å². The topological polar surface area (TPSA) is 124 Å². The Labute approximate surface area is 229 Å². The van der Waals surface area contributed by atoms with Crippen LogP contribution < -0.4 is 0 Å². The number of unbranched alkanes of at least 4 members (excludes halogenated alkanes) is 3. The summed E-state index contributed by atoms with van der Waals surface area (Å²) in [6, 6.07) is 14.7. The molecule has 0 heterocycles. The SMILES string of the molecule is CCc1ccc(C(=O)OOC(=O)OCCCCCCOC(=O)OOC(=O)c2ccc(C[Si](C)(C)C)cc2)cc1. The summed E-state index contributed by atoms with van der Waals surface area (Å²) in [6.07, 6.45) is 1.03. The molecule has 0 saturated carbocycles. The lowest BCUT2D eigenvalue weighted by Crippen LogP contribution is -2.23. The molecule has 10 nitrogen and oxygen atoms in total. The van der Waals surface area contributed by atoms with Gasteiger partial charge in [0, 0.05) is 8.07 Å². The van der Waals surface area contributed by atoms with E-state index in [4.69, 9.17) is 9.47 Å². The molecule has 0 aliphatic heterocycles. The van der Waals surface area contributed by atoms with Gasteiger partial charge >= 0.3 is 24.2 Å². The summed E-state index contributed by atoms with van der Waals surface area (Å²) in [5.41, 5.74) is 2.74. The van der Waals surface area contributed by atoms with Crippen LogP contribution in [0.3, 0.4) is 0 Å². The van der Waals surface area contributed by atoms with Crippen molar-refractivity contribution in [3.8, 4) is 0 Å². The number of benzene rings is 2. The van der Waals surface area contributed by atoms with Crippen LogP contribution >= 0.6 is 0 Å². The highest BCUT2D eigenvalue weighted by Gasteiger charge is 2.16. The Morgan fingerprint density at radius 3 is 1.38 bits per heavy atom. The lowest BCUT2D eigenvalue weighted by atomic mass is 10.1. The van der Waals surface area contributed by atoms with Crippen molar-refractivity contribution in [2.75, 3.05) is 13.2 Å². The zero-order valence-corrected chi connectivity index (χ0v) is 23.9. The van der Waals surface area contributed by atoms with E-state index < -0.39 is 32.3 Å². The van der Waals surface area contributed by atoms with Crippen LogP contribution in [-0.2, 0) is 41.5 Å². The summed E-state index contributed by atoms with van der Waals surface area (Å²) in [6.45, 7) is 8.92. The molecular formula is C28H36O10Si. The number of ether oxygens (including phenoxy) is 2. The first-order valence-electron chi connectivity index (χ1n) is 12.9. The second-order valence-electron chi connectivity index (χ2n) is 10.0. The average molecular weight is 561 g/mol. The smallest absolute Gasteiger partial charge is 0.432 e. The predicted octanol–water partition coefficient (Wildman–Crippen LogP) is 6.38. The van der Waals surface area contributed by atoms with E-state index in [0.29, 0.717) is 25.7 Å². The monoisotopic (exact) mass is 560 g/mol. The van der Waals surface area contributed by atoms with Crippen LogP contribution in [0.1, 0.15) is 64.4 Å². The predicted molar refractivity (Wildman–Crippen MR) is 143 cm³/mol. The molecule has 0 aliphatic carbocycles. The Morgan fingerprint density at radius 1 is 0.590 bits per heavy atom. The molecule has 0 bridgehead atoms. The number of aryl methyl sites for hydroxylation is 1. The minimum Gasteiger partial charge on any atom is -0.432 e. The molecule has 2 aromatic rings. The van der Waals surface area contributed by atoms with Gasteiger partial charge in [-0.1, -0.05) is 56.4 Å². The Bertz CT molecular complexity index is 1080. The summed E-state index contributed by atoms with van der Waals surface area (Å²) in [5.74, 6) is -1.58. The van der Waals surface area contributed by atoms with Gasteiger partial charge in [-0.05, 0) is 68.0 Å². The van der Waals surface area contributed by atoms with E-state index in [9.17, 15) is 19.2 Å². The second-order valence-corrected chi connectivity index (χ2v) is 15.5. The van der Waals surface area contributed by atoms with Gasteiger partial charge < -0.3 is 9.47 Å². The quantitative estimate of drug-likeness (QED) is 0.0949. The van der Waals surface area contributed by atoms with Crippen molar-refractivity contribution >= 4 is 32.3 Å². The summed E-state index contributed by atoms with van der Waals surface area (Å²) in [7, 11) is -1.26. The summed E-state index contributed by atoms with van der Waals surface area (Å²) < 4.78 is 9.70. The van der Waals surface area contributed by atoms with Crippen molar-refractivity contribution in [3.05, 3.63) is 70.8 Å². The molecule has 0 unspecified atom stereocenters. The summed E-state index contributed by atoms with van der Waals surface area (Å²) in [4.78, 5) is 64.8. The molecule has 11 heteroatoms. The molecular weight excluding hydrogens is 524 g/mol. The van der Waals surface area contributed by atoms with Gasteiger partial charge in [-0.25, -0.2) is 29.1 Å². The molecule has 0 N–H and O–H groups in total. The minimum atomic E-state index is -1.26. The molecule has 0 spiro atoms. The number of hydrogen-bond donors (Lipinski definition) is 0. The van der Waals surface area contributed by atoms with E-state index in [1.807, 2.05) is 19.1 Å². The first-order chi connectivity index (χ1) is 18.6. The molecule has 0 aromatic heterocycles. The third-order valence-corrected chi connectivity index (χ3v) is 6.84. The van der Waals surface area contributed by atoms with Crippen molar-refractivity contribution in [1.82, 2.24) is 0 Å². The van der Waals surface area contributed by atoms with Gasteiger partial charge in [-0.3, -0.25) is 0 Å². The molecule has 0 amide bonds. The van der Waals surface area contributed by atoms with Gasteiger partial charge in [-0.2, -0.15) is 9.59 Å². The fourth-order valence-corrected chi connectivity index (χ4v) is 4.86. The molecule has 0 radical (unpaired) electrons. The first kappa shape index (κ1) is 31.4. The maximum absolute atomic E-state index is 12.0. The summed E-state index contributed by atoms with van der Waals surface area (Å²) >= 11 is 0. The third kappa shape index (κ3) is 13.0. The summed E-state index contributed by atoms with van der Waals surface area (Å²) in [5, 5.41) is 0. The normalized spacial score (nSPS) is 10.8. The Kier molecular flexibility index (Phi) is 13.0. The molecule has 212 valence electrons. The van der Waals surface area contributed by atoms with E-state index in [1.165, 1.54) is 0 Å². The maximum atomic E-state index is 12.0. The van der Waals surface area contributed by atoms with Crippen LogP contribution in [0.15, 0.2) is 48.5 Å². The van der Waals surface area contributed by atoms with Crippen molar-refractivity contribution < 1.29 is 48.2 Å². The molecule has 0 aliphatic rings. The number of carbonyl (C=O) groups is 4. The number of carbonyl (C=O) groups excluding carboxylic acids is 4. The van der Waals surface area contributed by atoms with Crippen LogP contribution in [0.5, 0.6) is 0 Å². The van der Waals surface area contributed by atoms with Gasteiger partial charge in [0.1, 0.15) is 0 Å². The zero-order valence-electron chi connectivity index (χ0n) is 22.9. The van der Waals surface area contributed by atoms with E-state index in [-0.39, 0.29) is 24.3 Å². The highest BCUT2D eigenvalue weighted by Crippen LogP contribution is 2.13. The van der Waals surface area contributed by atoms with Crippen molar-refractivity contribution in [1.29, 1.82) is 0 Å². The Balaban J connectivity index is 1.48. The largest absolute Gasteiger partial charge is 0.549 e. The van der Waals surface area contributed by atoms with E-state index >= 15 is 0 Å². The van der Waals surface area contributed by atoms with E-state index in [1.54, 1.807) is 36.4 Å². The standard InChI is InChI=1S/C28H36O10Si/c1-5-21-10-14-23(15-11-21)25(29)35-37-27(31)33-18-8-6-7-9-19-34-28(32)38-36-26(30)24-16-12-22(13-17-24)20-39(2,3)4/h10-17H,5-9,18-20H2,1-4H3. The maximum Gasteiger partial charge on any atom is 0.549 e. The van der Waals surface area contributed by atoms with E-state index in [0.717, 1.165) is 23.6 Å². The Hall–Kier alpha value is -3.86. The van der Waals surface area contributed by atoms with Gasteiger partial charge in [0.15, 0.2) is 0 Å². The molecule has 39 heavy (non-hydrogen) atoms. The van der Waals surface area contributed by atoms with E-state index in [2.05, 4.69) is 39.2 Å². The molecule has 2 aromatic carbocycles. The second kappa shape index (κ2) is 16.2. The first-order valence-corrected chi connectivity index (χ1v) is 16.6. The molecule has 0 fully saturated rings.